The van der Waals surface area contributed by atoms with Crippen LogP contribution in [0.3, 0.4) is 0 Å². The molecule has 0 radical (unpaired) electrons. The number of nitrogen functional groups attached to an aromatic ring is 1. The predicted octanol–water partition coefficient (Wildman–Crippen LogP) is 3.21. The summed E-state index contributed by atoms with van der Waals surface area (Å²) in [5, 5.41) is 5.05. The van der Waals surface area contributed by atoms with Gasteiger partial charge in [-0.15, -0.1) is 23.7 Å². The van der Waals surface area contributed by atoms with Crippen molar-refractivity contribution < 1.29 is 4.79 Å². The number of nitrogens with one attached hydrogen (secondary N) is 1. The molecule has 23 heavy (non-hydrogen) atoms. The fraction of sp³-hybridized carbons (Fsp3) is 0.353. The third-order valence-corrected chi connectivity index (χ3v) is 5.06. The minimum Gasteiger partial charge on any atom is -0.398 e. The lowest BCUT2D eigenvalue weighted by Gasteiger charge is -2.36. The highest BCUT2D eigenvalue weighted by atomic mass is 35.5. The third-order valence-electron chi connectivity index (χ3n) is 4.19. The van der Waals surface area contributed by atoms with Gasteiger partial charge in [0.15, 0.2) is 0 Å². The Balaban J connectivity index is 0.00000192. The molecular weight excluding hydrogens is 330 g/mol. The van der Waals surface area contributed by atoms with Crippen molar-refractivity contribution in [1.82, 2.24) is 5.32 Å². The third kappa shape index (κ3) is 3.79. The molecule has 1 aromatic carbocycles. The number of carbonyl (C=O) groups is 1. The molecule has 0 fully saturated rings. The summed E-state index contributed by atoms with van der Waals surface area (Å²) in [7, 11) is 0. The molecule has 0 bridgehead atoms. The number of nitrogens with two attached hydrogens (primary N) is 1. The van der Waals surface area contributed by atoms with Gasteiger partial charge in [0.05, 0.1) is 6.54 Å². The molecule has 1 aliphatic heterocycles. The van der Waals surface area contributed by atoms with Crippen LogP contribution < -0.4 is 16.0 Å². The Bertz CT molecular complexity index is 660. The van der Waals surface area contributed by atoms with Crippen LogP contribution >= 0.6 is 23.7 Å². The zero-order valence-corrected chi connectivity index (χ0v) is 14.8. The summed E-state index contributed by atoms with van der Waals surface area (Å²) in [4.78, 5) is 15.8. The van der Waals surface area contributed by atoms with Crippen LogP contribution in [0.4, 0.5) is 11.4 Å². The van der Waals surface area contributed by atoms with Gasteiger partial charge in [0.25, 0.3) is 0 Å². The fourth-order valence-electron chi connectivity index (χ4n) is 2.96. The Morgan fingerprint density at radius 1 is 1.39 bits per heavy atom. The maximum atomic E-state index is 12.5. The van der Waals surface area contributed by atoms with Crippen molar-refractivity contribution in [3.63, 3.8) is 0 Å². The lowest BCUT2D eigenvalue weighted by molar-refractivity contribution is -0.122. The van der Waals surface area contributed by atoms with Gasteiger partial charge in [-0.2, -0.15) is 0 Å². The van der Waals surface area contributed by atoms with Crippen LogP contribution in [0.1, 0.15) is 23.8 Å². The highest BCUT2D eigenvalue weighted by molar-refractivity contribution is 7.09. The van der Waals surface area contributed by atoms with E-state index in [4.69, 9.17) is 5.73 Å². The minimum absolute atomic E-state index is 0. The van der Waals surface area contributed by atoms with E-state index in [-0.39, 0.29) is 24.4 Å². The largest absolute Gasteiger partial charge is 0.398 e. The van der Waals surface area contributed by atoms with Crippen LogP contribution in [0.2, 0.25) is 0 Å². The van der Waals surface area contributed by atoms with Gasteiger partial charge in [0.1, 0.15) is 6.04 Å². The van der Waals surface area contributed by atoms with Gasteiger partial charge >= 0.3 is 0 Å². The van der Waals surface area contributed by atoms with E-state index < -0.39 is 0 Å². The molecule has 1 unspecified atom stereocenters. The molecule has 2 aromatic rings. The van der Waals surface area contributed by atoms with Gasteiger partial charge in [0, 0.05) is 22.8 Å². The highest BCUT2D eigenvalue weighted by Gasteiger charge is 2.26. The van der Waals surface area contributed by atoms with Crippen LogP contribution in [0, 0.1) is 0 Å². The van der Waals surface area contributed by atoms with Crippen molar-refractivity contribution in [2.24, 2.45) is 0 Å². The van der Waals surface area contributed by atoms with E-state index >= 15 is 0 Å². The zero-order chi connectivity index (χ0) is 15.5. The Labute approximate surface area is 147 Å². The van der Waals surface area contributed by atoms with Crippen molar-refractivity contribution in [3.05, 3.63) is 46.2 Å². The van der Waals surface area contributed by atoms with Crippen LogP contribution in [0.15, 0.2) is 35.7 Å². The van der Waals surface area contributed by atoms with Gasteiger partial charge in [0.2, 0.25) is 5.91 Å². The minimum atomic E-state index is -0.194. The second kappa shape index (κ2) is 7.70. The van der Waals surface area contributed by atoms with Gasteiger partial charge < -0.3 is 16.0 Å². The number of carbonyl (C=O) groups excluding carboxylic acids is 1. The van der Waals surface area contributed by atoms with Gasteiger partial charge in [-0.05, 0) is 48.9 Å². The average Bonchev–Trinajstić information content (AvgIpc) is 3.05. The first-order valence-corrected chi connectivity index (χ1v) is 8.49. The molecule has 0 saturated heterocycles. The van der Waals surface area contributed by atoms with Crippen LogP contribution in [0.5, 0.6) is 0 Å². The number of amides is 1. The normalized spacial score (nSPS) is 14.6. The van der Waals surface area contributed by atoms with E-state index in [0.29, 0.717) is 6.54 Å². The van der Waals surface area contributed by atoms with E-state index in [1.54, 1.807) is 11.3 Å². The van der Waals surface area contributed by atoms with E-state index in [9.17, 15) is 4.79 Å². The number of hydrogen-bond donors (Lipinski definition) is 2. The second-order valence-electron chi connectivity index (χ2n) is 5.62. The Hall–Kier alpha value is -1.72. The molecule has 2 heterocycles. The van der Waals surface area contributed by atoms with E-state index in [2.05, 4.69) is 16.3 Å². The Kier molecular flexibility index (Phi) is 5.91. The fourth-order valence-corrected chi connectivity index (χ4v) is 3.60. The lowest BCUT2D eigenvalue weighted by Crippen LogP contribution is -2.47. The van der Waals surface area contributed by atoms with Gasteiger partial charge in [-0.25, -0.2) is 0 Å². The molecule has 1 aromatic heterocycles. The number of thiophene rings is 1. The summed E-state index contributed by atoms with van der Waals surface area (Å²) in [6.07, 6.45) is 2.02. The lowest BCUT2D eigenvalue weighted by atomic mass is 9.98. The van der Waals surface area contributed by atoms with Crippen molar-refractivity contribution in [2.75, 3.05) is 17.2 Å². The molecule has 0 aliphatic carbocycles. The quantitative estimate of drug-likeness (QED) is 0.831. The van der Waals surface area contributed by atoms with Crippen LogP contribution in [0.25, 0.3) is 0 Å². The molecule has 3 N–H and O–H groups in total. The second-order valence-corrected chi connectivity index (χ2v) is 6.65. The summed E-state index contributed by atoms with van der Waals surface area (Å²) in [5.41, 5.74) is 9.18. The van der Waals surface area contributed by atoms with Crippen LogP contribution in [-0.4, -0.2) is 18.5 Å². The van der Waals surface area contributed by atoms with Crippen LogP contribution in [-0.2, 0) is 17.8 Å². The summed E-state index contributed by atoms with van der Waals surface area (Å²) in [6, 6.07) is 9.80. The first kappa shape index (κ1) is 17.6. The Morgan fingerprint density at radius 2 is 2.22 bits per heavy atom. The molecule has 0 saturated carbocycles. The monoisotopic (exact) mass is 351 g/mol. The summed E-state index contributed by atoms with van der Waals surface area (Å²) < 4.78 is 0. The number of nitrogens with zero attached hydrogens (tertiary/aromatic N) is 1. The zero-order valence-electron chi connectivity index (χ0n) is 13.1. The maximum absolute atomic E-state index is 12.5. The number of halogens is 1. The standard InChI is InChI=1S/C17H21N3OS.ClH/c1-12(17(21)19-11-13-5-4-10-22-13)20-9-3-6-14-15(18)7-2-8-16(14)20;/h2,4-5,7-8,10,12H,3,6,9,11,18H2,1H3,(H,19,21);1H. The first-order chi connectivity index (χ1) is 10.7. The SMILES string of the molecule is CC(C(=O)NCc1cccs1)N1CCCc2c(N)cccc21.Cl. The molecule has 3 rings (SSSR count). The molecule has 1 amide bonds. The van der Waals surface area contributed by atoms with Crippen molar-refractivity contribution >= 4 is 41.0 Å². The number of fused-ring (bicyclic) bond motifs is 1. The molecule has 124 valence electrons. The van der Waals surface area contributed by atoms with Crippen molar-refractivity contribution in [2.45, 2.75) is 32.4 Å². The molecule has 4 nitrogen and oxygen atoms in total. The van der Waals surface area contributed by atoms with Crippen molar-refractivity contribution in [3.8, 4) is 0 Å². The van der Waals surface area contributed by atoms with E-state index in [1.165, 1.54) is 10.4 Å². The molecule has 1 atom stereocenters. The smallest absolute Gasteiger partial charge is 0.242 e. The topological polar surface area (TPSA) is 58.4 Å². The molecular formula is C17H22ClN3OS. The number of rotatable bonds is 4. The molecule has 6 heteroatoms. The van der Waals surface area contributed by atoms with E-state index in [0.717, 1.165) is 30.8 Å². The summed E-state index contributed by atoms with van der Waals surface area (Å²) in [6.45, 7) is 3.45. The number of hydrogen-bond acceptors (Lipinski definition) is 4. The summed E-state index contributed by atoms with van der Waals surface area (Å²) >= 11 is 1.66. The highest BCUT2D eigenvalue weighted by Crippen LogP contribution is 2.32. The Morgan fingerprint density at radius 3 is 2.96 bits per heavy atom. The molecule has 0 spiro atoms. The average molecular weight is 352 g/mol. The first-order valence-electron chi connectivity index (χ1n) is 7.61. The van der Waals surface area contributed by atoms with Crippen molar-refractivity contribution in [1.29, 1.82) is 0 Å². The van der Waals surface area contributed by atoms with E-state index in [1.807, 2.05) is 36.6 Å². The number of benzene rings is 1. The summed E-state index contributed by atoms with van der Waals surface area (Å²) in [5.74, 6) is 0.0590. The van der Waals surface area contributed by atoms with Gasteiger partial charge in [-0.1, -0.05) is 12.1 Å². The molecule has 1 aliphatic rings. The number of anilines is 2. The maximum Gasteiger partial charge on any atom is 0.242 e. The predicted molar refractivity (Wildman–Crippen MR) is 99.4 cm³/mol. The van der Waals surface area contributed by atoms with Gasteiger partial charge in [-0.3, -0.25) is 4.79 Å².